The fourth-order valence-corrected chi connectivity index (χ4v) is 4.88. The molecule has 4 rings (SSSR count). The summed E-state index contributed by atoms with van der Waals surface area (Å²) in [5, 5.41) is 12.8. The Bertz CT molecular complexity index is 1480. The number of carbonyl (C=O) groups is 1. The summed E-state index contributed by atoms with van der Waals surface area (Å²) >= 11 is 0. The van der Waals surface area contributed by atoms with Crippen molar-refractivity contribution in [1.82, 2.24) is 9.88 Å². The first-order valence-corrected chi connectivity index (χ1v) is 11.4. The van der Waals surface area contributed by atoms with E-state index in [0.29, 0.717) is 52.5 Å². The summed E-state index contributed by atoms with van der Waals surface area (Å²) in [5.41, 5.74) is 2.45. The minimum atomic E-state index is -0.534. The zero-order chi connectivity index (χ0) is 26.1. The van der Waals surface area contributed by atoms with Crippen molar-refractivity contribution in [2.75, 3.05) is 21.3 Å². The first kappa shape index (κ1) is 24.8. The van der Waals surface area contributed by atoms with Crippen molar-refractivity contribution in [3.63, 3.8) is 0 Å². The van der Waals surface area contributed by atoms with E-state index < -0.39 is 17.0 Å². The second kappa shape index (κ2) is 9.77. The molecule has 188 valence electrons. The number of hydrogen-bond acceptors (Lipinski definition) is 7. The molecule has 1 aliphatic rings. The molecular weight excluding hydrogens is 464 g/mol. The Morgan fingerprint density at radius 3 is 2.36 bits per heavy atom. The SMILES string of the molecule is COc1cc2c(c(OC)c1OC)-c1ccc(-n3c(C)cc(O)cc3=O)c(=O)cc1C(NC(C)=O)CC2. The molecule has 0 saturated heterocycles. The van der Waals surface area contributed by atoms with Gasteiger partial charge in [-0.05, 0) is 60.7 Å². The summed E-state index contributed by atoms with van der Waals surface area (Å²) in [6.45, 7) is 3.06. The number of nitrogens with zero attached hydrogens (tertiary/aromatic N) is 1. The van der Waals surface area contributed by atoms with Gasteiger partial charge in [0.05, 0.1) is 33.1 Å². The van der Waals surface area contributed by atoms with Crippen molar-refractivity contribution in [2.24, 2.45) is 0 Å². The van der Waals surface area contributed by atoms with Gasteiger partial charge in [0.25, 0.3) is 5.56 Å². The van der Waals surface area contributed by atoms with Gasteiger partial charge >= 0.3 is 0 Å². The van der Waals surface area contributed by atoms with Gasteiger partial charge in [0, 0.05) is 24.2 Å². The molecular formula is C27H28N2O7. The van der Waals surface area contributed by atoms with E-state index in [1.807, 2.05) is 6.07 Å². The first-order chi connectivity index (χ1) is 17.2. The maximum absolute atomic E-state index is 13.5. The molecule has 0 radical (unpaired) electrons. The molecule has 1 heterocycles. The highest BCUT2D eigenvalue weighted by Crippen LogP contribution is 2.50. The van der Waals surface area contributed by atoms with Gasteiger partial charge in [-0.1, -0.05) is 6.07 Å². The van der Waals surface area contributed by atoms with Crippen LogP contribution in [0.2, 0.25) is 0 Å². The highest BCUT2D eigenvalue weighted by molar-refractivity contribution is 5.83. The van der Waals surface area contributed by atoms with E-state index in [0.717, 1.165) is 11.6 Å². The summed E-state index contributed by atoms with van der Waals surface area (Å²) in [5.74, 6) is 0.938. The van der Waals surface area contributed by atoms with Crippen LogP contribution in [-0.4, -0.2) is 36.9 Å². The van der Waals surface area contributed by atoms with E-state index in [4.69, 9.17) is 14.2 Å². The van der Waals surface area contributed by atoms with Crippen LogP contribution in [0, 0.1) is 6.92 Å². The molecule has 9 heteroatoms. The summed E-state index contributed by atoms with van der Waals surface area (Å²) in [6, 6.07) is 8.65. The fourth-order valence-electron chi connectivity index (χ4n) is 4.88. The van der Waals surface area contributed by atoms with E-state index >= 15 is 0 Å². The van der Waals surface area contributed by atoms with Crippen LogP contribution in [0.3, 0.4) is 0 Å². The molecule has 1 aromatic heterocycles. The lowest BCUT2D eigenvalue weighted by atomic mass is 9.95. The van der Waals surface area contributed by atoms with Crippen molar-refractivity contribution in [1.29, 1.82) is 0 Å². The second-order valence-electron chi connectivity index (χ2n) is 8.60. The quantitative estimate of drug-likeness (QED) is 0.562. The predicted molar refractivity (Wildman–Crippen MR) is 135 cm³/mol. The molecule has 0 bridgehead atoms. The number of amides is 1. The Morgan fingerprint density at radius 1 is 1.03 bits per heavy atom. The zero-order valence-corrected chi connectivity index (χ0v) is 20.8. The summed E-state index contributed by atoms with van der Waals surface area (Å²) in [4.78, 5) is 38.3. The monoisotopic (exact) mass is 492 g/mol. The molecule has 3 aromatic rings. The molecule has 9 nitrogen and oxygen atoms in total. The normalized spacial score (nSPS) is 14.2. The third-order valence-electron chi connectivity index (χ3n) is 6.34. The molecule has 2 aromatic carbocycles. The van der Waals surface area contributed by atoms with Crippen LogP contribution in [-0.2, 0) is 11.2 Å². The number of aromatic hydroxyl groups is 1. The number of aryl methyl sites for hydroxylation is 2. The van der Waals surface area contributed by atoms with E-state index in [1.54, 1.807) is 26.2 Å². The van der Waals surface area contributed by atoms with Gasteiger partial charge in [0.2, 0.25) is 17.1 Å². The number of carbonyl (C=O) groups excluding carboxylic acids is 1. The van der Waals surface area contributed by atoms with Gasteiger partial charge in [-0.3, -0.25) is 19.0 Å². The summed E-state index contributed by atoms with van der Waals surface area (Å²) in [7, 11) is 4.59. The fraction of sp³-hybridized carbons (Fsp3) is 0.296. The predicted octanol–water partition coefficient (Wildman–Crippen LogP) is 3.03. The van der Waals surface area contributed by atoms with Gasteiger partial charge in [0.15, 0.2) is 11.5 Å². The van der Waals surface area contributed by atoms with Gasteiger partial charge in [-0.15, -0.1) is 0 Å². The van der Waals surface area contributed by atoms with Crippen molar-refractivity contribution in [3.05, 3.63) is 73.8 Å². The smallest absolute Gasteiger partial charge is 0.259 e. The summed E-state index contributed by atoms with van der Waals surface area (Å²) in [6.07, 6.45) is 1.10. The minimum Gasteiger partial charge on any atom is -0.508 e. The molecule has 36 heavy (non-hydrogen) atoms. The Hall–Kier alpha value is -4.27. The Balaban J connectivity index is 2.11. The molecule has 1 amide bonds. The van der Waals surface area contributed by atoms with Crippen molar-refractivity contribution >= 4 is 5.91 Å². The summed E-state index contributed by atoms with van der Waals surface area (Å²) < 4.78 is 18.2. The maximum atomic E-state index is 13.5. The lowest BCUT2D eigenvalue weighted by molar-refractivity contribution is -0.119. The largest absolute Gasteiger partial charge is 0.508 e. The number of fused-ring (bicyclic) bond motifs is 3. The average molecular weight is 493 g/mol. The number of nitrogens with one attached hydrogen (secondary N) is 1. The number of aromatic nitrogens is 1. The second-order valence-corrected chi connectivity index (χ2v) is 8.60. The minimum absolute atomic E-state index is 0.119. The van der Waals surface area contributed by atoms with Crippen molar-refractivity contribution < 1.29 is 24.1 Å². The molecule has 1 unspecified atom stereocenters. The Morgan fingerprint density at radius 2 is 1.75 bits per heavy atom. The molecule has 0 fully saturated rings. The van der Waals surface area contributed by atoms with Crippen LogP contribution in [0.25, 0.3) is 16.8 Å². The molecule has 1 aliphatic carbocycles. The van der Waals surface area contributed by atoms with Crippen LogP contribution in [0.5, 0.6) is 23.0 Å². The lowest BCUT2D eigenvalue weighted by Crippen LogP contribution is -2.27. The lowest BCUT2D eigenvalue weighted by Gasteiger charge is -2.19. The van der Waals surface area contributed by atoms with E-state index in [2.05, 4.69) is 5.32 Å². The van der Waals surface area contributed by atoms with Crippen LogP contribution in [0.1, 0.15) is 36.2 Å². The van der Waals surface area contributed by atoms with Gasteiger partial charge in [-0.25, -0.2) is 0 Å². The average Bonchev–Trinajstić information content (AvgIpc) is 3.06. The zero-order valence-electron chi connectivity index (χ0n) is 20.8. The molecule has 2 N–H and O–H groups in total. The standard InChI is InChI=1S/C27H28N2O7/c1-14-10-17(31)12-24(33)29(14)21-9-7-18-19(13-22(21)32)20(28-15(2)30)8-6-16-11-23(34-3)26(35-4)27(36-5)25(16)18/h7,9-13,20,31H,6,8H2,1-5H3,(H,28,30). The third kappa shape index (κ3) is 4.28. The van der Waals surface area contributed by atoms with Crippen molar-refractivity contribution in [3.8, 4) is 39.8 Å². The first-order valence-electron chi connectivity index (χ1n) is 11.4. The van der Waals surface area contributed by atoms with Gasteiger partial charge < -0.3 is 24.6 Å². The highest BCUT2D eigenvalue weighted by Gasteiger charge is 2.29. The van der Waals surface area contributed by atoms with Gasteiger partial charge in [-0.2, -0.15) is 0 Å². The Labute approximate surface area is 207 Å². The van der Waals surface area contributed by atoms with Crippen LogP contribution >= 0.6 is 0 Å². The number of hydrogen-bond donors (Lipinski definition) is 2. The van der Waals surface area contributed by atoms with E-state index in [-0.39, 0.29) is 17.3 Å². The Kier molecular flexibility index (Phi) is 6.74. The molecule has 1 atom stereocenters. The number of pyridine rings is 1. The van der Waals surface area contributed by atoms with Crippen molar-refractivity contribution in [2.45, 2.75) is 32.7 Å². The van der Waals surface area contributed by atoms with E-state index in [1.165, 1.54) is 37.8 Å². The number of benzene rings is 1. The molecule has 0 aliphatic heterocycles. The maximum Gasteiger partial charge on any atom is 0.259 e. The molecule has 0 spiro atoms. The highest BCUT2D eigenvalue weighted by atomic mass is 16.5. The number of ether oxygens (including phenoxy) is 3. The third-order valence-corrected chi connectivity index (χ3v) is 6.34. The van der Waals surface area contributed by atoms with Crippen LogP contribution in [0.15, 0.2) is 46.0 Å². The van der Waals surface area contributed by atoms with Gasteiger partial charge in [0.1, 0.15) is 5.75 Å². The van der Waals surface area contributed by atoms with Crippen LogP contribution < -0.4 is 30.5 Å². The topological polar surface area (TPSA) is 116 Å². The van der Waals surface area contributed by atoms with Crippen LogP contribution in [0.4, 0.5) is 0 Å². The molecule has 0 saturated carbocycles. The number of rotatable bonds is 5. The number of methoxy groups -OCH3 is 3. The van der Waals surface area contributed by atoms with E-state index in [9.17, 15) is 19.5 Å².